The highest BCUT2D eigenvalue weighted by Crippen LogP contribution is 2.46. The lowest BCUT2D eigenvalue weighted by molar-refractivity contribution is -0.121. The second-order valence-corrected chi connectivity index (χ2v) is 9.52. The summed E-state index contributed by atoms with van der Waals surface area (Å²) in [7, 11) is 0. The Morgan fingerprint density at radius 3 is 2.36 bits per heavy atom. The molecule has 0 spiro atoms. The zero-order valence-electron chi connectivity index (χ0n) is 20.1. The number of hydrogen-bond acceptors (Lipinski definition) is 7. The van der Waals surface area contributed by atoms with Crippen molar-refractivity contribution in [3.8, 4) is 0 Å². The van der Waals surface area contributed by atoms with E-state index in [1.807, 2.05) is 0 Å². The van der Waals surface area contributed by atoms with Gasteiger partial charge >= 0.3 is 0 Å². The van der Waals surface area contributed by atoms with Gasteiger partial charge in [-0.05, 0) is 69.3 Å². The third kappa shape index (κ3) is 9.98. The Morgan fingerprint density at radius 2 is 1.79 bits per heavy atom. The Balaban J connectivity index is 0.00000172. The van der Waals surface area contributed by atoms with Crippen LogP contribution in [0.4, 0.5) is 0 Å². The molecule has 4 atom stereocenters. The molecule has 7 heteroatoms. The molecule has 2 rings (SSSR count). The number of ketones is 2. The highest BCUT2D eigenvalue weighted by Gasteiger charge is 2.44. The van der Waals surface area contributed by atoms with Crippen molar-refractivity contribution in [1.29, 1.82) is 0 Å². The fraction of sp³-hybridized carbons (Fsp3) is 0.769. The molecule has 0 radical (unpaired) electrons. The van der Waals surface area contributed by atoms with Crippen molar-refractivity contribution in [2.75, 3.05) is 6.61 Å². The average molecular weight is 469 g/mol. The number of Topliss-reactive ketones (excluding diaryl/α,β-unsaturated/α-hetero) is 2. The van der Waals surface area contributed by atoms with E-state index in [4.69, 9.17) is 10.2 Å². The molecular weight excluding hydrogens is 424 g/mol. The lowest BCUT2D eigenvalue weighted by Crippen LogP contribution is -2.32. The first kappa shape index (κ1) is 29.3. The van der Waals surface area contributed by atoms with Gasteiger partial charge < -0.3 is 25.5 Å². The van der Waals surface area contributed by atoms with Gasteiger partial charge in [0.15, 0.2) is 5.76 Å². The Bertz CT molecular complexity index is 641. The highest BCUT2D eigenvalue weighted by molar-refractivity contribution is 5.93. The van der Waals surface area contributed by atoms with Crippen molar-refractivity contribution in [3.05, 3.63) is 24.7 Å². The van der Waals surface area contributed by atoms with Gasteiger partial charge in [-0.3, -0.25) is 9.59 Å². The summed E-state index contributed by atoms with van der Waals surface area (Å²) in [5, 5.41) is 46.9. The molecule has 0 aliphatic heterocycles. The van der Waals surface area contributed by atoms with Crippen molar-refractivity contribution >= 4 is 11.6 Å². The molecule has 0 amide bonds. The van der Waals surface area contributed by atoms with Gasteiger partial charge in [0.2, 0.25) is 5.78 Å². The van der Waals surface area contributed by atoms with E-state index >= 15 is 0 Å². The van der Waals surface area contributed by atoms with Crippen LogP contribution in [0.3, 0.4) is 0 Å². The van der Waals surface area contributed by atoms with Crippen LogP contribution in [0.25, 0.3) is 0 Å². The maximum Gasteiger partial charge on any atom is 0.221 e. The van der Waals surface area contributed by atoms with E-state index in [1.54, 1.807) is 0 Å². The molecule has 2 aliphatic rings. The van der Waals surface area contributed by atoms with Gasteiger partial charge in [0.25, 0.3) is 0 Å². The third-order valence-electron chi connectivity index (χ3n) is 7.02. The van der Waals surface area contributed by atoms with Gasteiger partial charge in [0.05, 0.1) is 18.0 Å². The lowest BCUT2D eigenvalue weighted by Gasteiger charge is -2.29. The van der Waals surface area contributed by atoms with Gasteiger partial charge in [0.1, 0.15) is 12.4 Å². The molecule has 5 N–H and O–H groups in total. The monoisotopic (exact) mass is 468 g/mol. The highest BCUT2D eigenvalue weighted by atomic mass is 16.3. The second kappa shape index (κ2) is 15.3. The summed E-state index contributed by atoms with van der Waals surface area (Å²) >= 11 is 0. The minimum absolute atomic E-state index is 0.0351. The predicted molar refractivity (Wildman–Crippen MR) is 128 cm³/mol. The number of carbonyl (C=O) groups excluding carboxylic acids is 2. The third-order valence-corrected chi connectivity index (χ3v) is 7.02. The van der Waals surface area contributed by atoms with Crippen LogP contribution in [-0.4, -0.2) is 55.4 Å². The van der Waals surface area contributed by atoms with Crippen molar-refractivity contribution in [1.82, 2.24) is 0 Å². The summed E-state index contributed by atoms with van der Waals surface area (Å²) in [5.41, 5.74) is -0.570. The lowest BCUT2D eigenvalue weighted by atomic mass is 9.81. The molecule has 0 bridgehead atoms. The molecule has 7 nitrogen and oxygen atoms in total. The smallest absolute Gasteiger partial charge is 0.221 e. The van der Waals surface area contributed by atoms with Crippen molar-refractivity contribution in [2.24, 2.45) is 17.8 Å². The van der Waals surface area contributed by atoms with Gasteiger partial charge in [-0.1, -0.05) is 39.2 Å². The van der Waals surface area contributed by atoms with Gasteiger partial charge in [-0.25, -0.2) is 0 Å². The first-order valence-corrected chi connectivity index (χ1v) is 12.4. The Morgan fingerprint density at radius 1 is 1.15 bits per heavy atom. The van der Waals surface area contributed by atoms with E-state index < -0.39 is 29.9 Å². The Hall–Kier alpha value is -1.70. The predicted octanol–water partition coefficient (Wildman–Crippen LogP) is 4.31. The molecule has 0 heterocycles. The number of rotatable bonds is 15. The minimum atomic E-state index is -0.702. The molecule has 0 saturated heterocycles. The van der Waals surface area contributed by atoms with E-state index in [0.29, 0.717) is 18.8 Å². The molecule has 2 aliphatic carbocycles. The van der Waals surface area contributed by atoms with E-state index in [0.717, 1.165) is 70.5 Å². The quantitative estimate of drug-likeness (QED) is 0.137. The average Bonchev–Trinajstić information content (AvgIpc) is 3.60. The summed E-state index contributed by atoms with van der Waals surface area (Å²) in [6.45, 7) is 4.35. The molecular formula is C26H44O7. The maximum absolute atomic E-state index is 12.4. The fourth-order valence-electron chi connectivity index (χ4n) is 5.01. The van der Waals surface area contributed by atoms with E-state index in [2.05, 4.69) is 13.5 Å². The van der Waals surface area contributed by atoms with Crippen LogP contribution >= 0.6 is 0 Å². The number of carbonyl (C=O) groups is 2. The number of allylic oxidation sites excluding steroid dienone is 1. The fourth-order valence-corrected chi connectivity index (χ4v) is 5.01. The topological polar surface area (TPSA) is 135 Å². The second-order valence-electron chi connectivity index (χ2n) is 9.52. The molecule has 2 fully saturated rings. The molecule has 0 aromatic rings. The van der Waals surface area contributed by atoms with Crippen LogP contribution in [0.1, 0.15) is 90.4 Å². The van der Waals surface area contributed by atoms with E-state index in [-0.39, 0.29) is 24.0 Å². The summed E-state index contributed by atoms with van der Waals surface area (Å²) in [5.74, 6) is -0.710. The van der Waals surface area contributed by atoms with Gasteiger partial charge in [0, 0.05) is 12.3 Å². The standard InChI is InChI=1S/C24H40O6.C2H4O/c1-2-3-13-24(30,17-11-12-17)14-7-9-19-18(21(27)15-22(19)28)8-5-4-6-10-20(26)23(29)16-25;1-2-3/h10,17-19,22,25-26,28,30H,2-9,11-16H2,1H3;2-3H,1H2/t18-,19-,22-,24?;/m1./s1. The Kier molecular flexibility index (Phi) is 13.6. The SMILES string of the molecule is C=CO.CCCCC(O)(CCC[C@H]1[C@H](O)CC(=O)[C@@H]1CCCCC=C(O)C(=O)CO)C1CC1. The summed E-state index contributed by atoms with van der Waals surface area (Å²) in [6.07, 6.45) is 12.1. The largest absolute Gasteiger partial charge is 0.516 e. The number of aliphatic hydroxyl groups excluding tert-OH is 4. The molecule has 190 valence electrons. The van der Waals surface area contributed by atoms with E-state index in [9.17, 15) is 24.9 Å². The van der Waals surface area contributed by atoms with Crippen LogP contribution in [0.5, 0.6) is 0 Å². The molecule has 33 heavy (non-hydrogen) atoms. The van der Waals surface area contributed by atoms with Crippen LogP contribution in [0.15, 0.2) is 24.7 Å². The van der Waals surface area contributed by atoms with Crippen molar-refractivity contribution in [2.45, 2.75) is 102 Å². The van der Waals surface area contributed by atoms with Crippen LogP contribution in [0.2, 0.25) is 0 Å². The van der Waals surface area contributed by atoms with Crippen LogP contribution in [0, 0.1) is 17.8 Å². The zero-order chi connectivity index (χ0) is 24.9. The first-order chi connectivity index (χ1) is 15.7. The summed E-state index contributed by atoms with van der Waals surface area (Å²) in [6, 6.07) is 0. The maximum atomic E-state index is 12.4. The normalized spacial score (nSPS) is 24.7. The van der Waals surface area contributed by atoms with Crippen molar-refractivity contribution in [3.63, 3.8) is 0 Å². The number of aliphatic hydroxyl groups is 5. The van der Waals surface area contributed by atoms with Gasteiger partial charge in [-0.2, -0.15) is 0 Å². The summed E-state index contributed by atoms with van der Waals surface area (Å²) < 4.78 is 0. The van der Waals surface area contributed by atoms with Gasteiger partial charge in [-0.15, -0.1) is 0 Å². The van der Waals surface area contributed by atoms with Crippen LogP contribution in [-0.2, 0) is 9.59 Å². The zero-order valence-corrected chi connectivity index (χ0v) is 20.1. The van der Waals surface area contributed by atoms with Crippen LogP contribution < -0.4 is 0 Å². The Labute approximate surface area is 198 Å². The number of hydrogen-bond donors (Lipinski definition) is 5. The molecule has 0 aromatic heterocycles. The number of unbranched alkanes of at least 4 members (excludes halogenated alkanes) is 3. The summed E-state index contributed by atoms with van der Waals surface area (Å²) in [4.78, 5) is 23.5. The first-order valence-electron chi connectivity index (χ1n) is 12.4. The minimum Gasteiger partial charge on any atom is -0.516 e. The van der Waals surface area contributed by atoms with Crippen molar-refractivity contribution < 1.29 is 35.1 Å². The van der Waals surface area contributed by atoms with E-state index in [1.165, 1.54) is 6.08 Å². The molecule has 2 saturated carbocycles. The molecule has 1 unspecified atom stereocenters. The molecule has 0 aromatic carbocycles.